The van der Waals surface area contributed by atoms with Gasteiger partial charge in [-0.2, -0.15) is 0 Å². The largest absolute Gasteiger partial charge is 0.455 e. The van der Waals surface area contributed by atoms with Crippen LogP contribution in [-0.4, -0.2) is 9.38 Å². The lowest BCUT2D eigenvalue weighted by atomic mass is 10.0. The monoisotopic (exact) mass is 460 g/mol. The van der Waals surface area contributed by atoms with Crippen LogP contribution in [0, 0.1) is 0 Å². The van der Waals surface area contributed by atoms with Gasteiger partial charge in [0, 0.05) is 33.5 Å². The van der Waals surface area contributed by atoms with Gasteiger partial charge in [0.05, 0.1) is 11.0 Å². The predicted octanol–water partition coefficient (Wildman–Crippen LogP) is 8.87. The Labute approximate surface area is 206 Å². The Balaban J connectivity index is 1.43. The van der Waals surface area contributed by atoms with Crippen LogP contribution in [-0.2, 0) is 0 Å². The average Bonchev–Trinajstić information content (AvgIpc) is 3.51. The number of nitrogens with zero attached hydrogens (tertiary/aromatic N) is 2. The molecule has 0 radical (unpaired) electrons. The highest BCUT2D eigenvalue weighted by Gasteiger charge is 2.16. The van der Waals surface area contributed by atoms with Crippen molar-refractivity contribution in [1.29, 1.82) is 0 Å². The molecule has 3 heterocycles. The molecule has 0 fully saturated rings. The number of fused-ring (bicyclic) bond motifs is 8. The van der Waals surface area contributed by atoms with Crippen LogP contribution in [0.5, 0.6) is 0 Å². The van der Waals surface area contributed by atoms with E-state index >= 15 is 0 Å². The molecule has 0 amide bonds. The molecule has 36 heavy (non-hydrogen) atoms. The van der Waals surface area contributed by atoms with Gasteiger partial charge in [-0.05, 0) is 34.7 Å². The molecule has 0 aliphatic carbocycles. The maximum atomic E-state index is 6.33. The summed E-state index contributed by atoms with van der Waals surface area (Å²) in [5.74, 6) is 0. The highest BCUT2D eigenvalue weighted by atomic mass is 16.3. The van der Waals surface area contributed by atoms with Gasteiger partial charge in [-0.15, -0.1) is 0 Å². The molecule has 8 aromatic rings. The molecule has 3 aromatic heterocycles. The van der Waals surface area contributed by atoms with Crippen LogP contribution >= 0.6 is 0 Å². The molecule has 0 aliphatic heterocycles. The second kappa shape index (κ2) is 7.30. The van der Waals surface area contributed by atoms with E-state index < -0.39 is 0 Å². The summed E-state index contributed by atoms with van der Waals surface area (Å²) in [7, 11) is 0. The quantitative estimate of drug-likeness (QED) is 0.258. The van der Waals surface area contributed by atoms with Gasteiger partial charge in [-0.3, -0.25) is 4.40 Å². The van der Waals surface area contributed by atoms with Crippen LogP contribution in [0.3, 0.4) is 0 Å². The number of aromatic nitrogens is 2. The third kappa shape index (κ3) is 2.71. The van der Waals surface area contributed by atoms with Crippen molar-refractivity contribution in [3.63, 3.8) is 0 Å². The van der Waals surface area contributed by atoms with Gasteiger partial charge < -0.3 is 4.42 Å². The molecule has 168 valence electrons. The van der Waals surface area contributed by atoms with Gasteiger partial charge in [0.2, 0.25) is 0 Å². The van der Waals surface area contributed by atoms with E-state index in [9.17, 15) is 0 Å². The minimum absolute atomic E-state index is 0.912. The highest BCUT2D eigenvalue weighted by Crippen LogP contribution is 2.38. The lowest BCUT2D eigenvalue weighted by molar-refractivity contribution is 0.670. The van der Waals surface area contributed by atoms with Gasteiger partial charge in [0.15, 0.2) is 0 Å². The number of furan rings is 1. The van der Waals surface area contributed by atoms with E-state index in [2.05, 4.69) is 114 Å². The van der Waals surface area contributed by atoms with Gasteiger partial charge >= 0.3 is 0 Å². The van der Waals surface area contributed by atoms with E-state index in [1.54, 1.807) is 0 Å². The van der Waals surface area contributed by atoms with Crippen LogP contribution in [0.25, 0.3) is 71.6 Å². The molecule has 5 aromatic carbocycles. The normalized spacial score (nSPS) is 11.9. The minimum atomic E-state index is 0.912. The van der Waals surface area contributed by atoms with Gasteiger partial charge in [-0.25, -0.2) is 4.98 Å². The third-order valence-corrected chi connectivity index (χ3v) is 7.21. The number of hydrogen-bond acceptors (Lipinski definition) is 2. The Bertz CT molecular complexity index is 2100. The molecule has 0 aliphatic rings. The summed E-state index contributed by atoms with van der Waals surface area (Å²) in [5, 5.41) is 4.64. The summed E-state index contributed by atoms with van der Waals surface area (Å²) in [6.07, 6.45) is 2.23. The van der Waals surface area contributed by atoms with Gasteiger partial charge in [0.25, 0.3) is 0 Å². The van der Waals surface area contributed by atoms with Gasteiger partial charge in [-0.1, -0.05) is 97.1 Å². The lowest BCUT2D eigenvalue weighted by Crippen LogP contribution is -1.91. The fourth-order valence-corrected chi connectivity index (χ4v) is 5.52. The zero-order valence-corrected chi connectivity index (χ0v) is 19.3. The Hall–Kier alpha value is -4.89. The molecule has 0 atom stereocenters. The Morgan fingerprint density at radius 3 is 2.19 bits per heavy atom. The van der Waals surface area contributed by atoms with E-state index in [-0.39, 0.29) is 0 Å². The van der Waals surface area contributed by atoms with Crippen molar-refractivity contribution in [3.05, 3.63) is 121 Å². The molecule has 8 rings (SSSR count). The first-order chi connectivity index (χ1) is 17.8. The second-order valence-corrected chi connectivity index (χ2v) is 9.24. The molecule has 0 unspecified atom stereocenters. The second-order valence-electron chi connectivity index (χ2n) is 9.24. The maximum Gasteiger partial charge on any atom is 0.145 e. The zero-order valence-electron chi connectivity index (χ0n) is 19.3. The predicted molar refractivity (Wildman–Crippen MR) is 148 cm³/mol. The zero-order chi connectivity index (χ0) is 23.6. The summed E-state index contributed by atoms with van der Waals surface area (Å²) in [4.78, 5) is 5.05. The topological polar surface area (TPSA) is 30.4 Å². The van der Waals surface area contributed by atoms with Crippen molar-refractivity contribution < 1.29 is 4.42 Å². The molecule has 0 saturated heterocycles. The molecule has 3 heteroatoms. The number of rotatable bonds is 2. The summed E-state index contributed by atoms with van der Waals surface area (Å²) in [5.41, 5.74) is 9.46. The fourth-order valence-electron chi connectivity index (χ4n) is 5.52. The lowest BCUT2D eigenvalue weighted by Gasteiger charge is -2.10. The summed E-state index contributed by atoms with van der Waals surface area (Å²) in [6.45, 7) is 0. The van der Waals surface area contributed by atoms with Crippen LogP contribution in [0.2, 0.25) is 0 Å². The van der Waals surface area contributed by atoms with E-state index in [0.717, 1.165) is 55.1 Å². The molecular formula is C33H20N2O. The first kappa shape index (κ1) is 19.4. The smallest absolute Gasteiger partial charge is 0.145 e. The summed E-state index contributed by atoms with van der Waals surface area (Å²) >= 11 is 0. The van der Waals surface area contributed by atoms with Gasteiger partial charge in [0.1, 0.15) is 16.8 Å². The molecule has 0 spiro atoms. The SMILES string of the molecule is c1ccc(-c2cn3c4cc(-c5cccc6c5oc5ccccc56)ccc4nc3c3ccccc23)cc1. The summed E-state index contributed by atoms with van der Waals surface area (Å²) < 4.78 is 8.57. The first-order valence-electron chi connectivity index (χ1n) is 12.1. The molecule has 0 saturated carbocycles. The Morgan fingerprint density at radius 1 is 0.556 bits per heavy atom. The number of benzene rings is 5. The van der Waals surface area contributed by atoms with Crippen molar-refractivity contribution in [1.82, 2.24) is 9.38 Å². The van der Waals surface area contributed by atoms with Crippen LogP contribution in [0.1, 0.15) is 0 Å². The van der Waals surface area contributed by atoms with Crippen LogP contribution in [0.15, 0.2) is 126 Å². The van der Waals surface area contributed by atoms with Crippen LogP contribution < -0.4 is 0 Å². The number of hydrogen-bond donors (Lipinski definition) is 0. The molecular weight excluding hydrogens is 440 g/mol. The number of imidazole rings is 1. The van der Waals surface area contributed by atoms with E-state index in [0.29, 0.717) is 0 Å². The Morgan fingerprint density at radius 2 is 1.31 bits per heavy atom. The minimum Gasteiger partial charge on any atom is -0.455 e. The van der Waals surface area contributed by atoms with E-state index in [4.69, 9.17) is 9.40 Å². The van der Waals surface area contributed by atoms with Crippen molar-refractivity contribution >= 4 is 49.4 Å². The fraction of sp³-hybridized carbons (Fsp3) is 0. The molecule has 0 bridgehead atoms. The third-order valence-electron chi connectivity index (χ3n) is 7.21. The van der Waals surface area contributed by atoms with Crippen molar-refractivity contribution in [3.8, 4) is 22.3 Å². The average molecular weight is 461 g/mol. The Kier molecular flexibility index (Phi) is 3.94. The molecule has 3 nitrogen and oxygen atoms in total. The van der Waals surface area contributed by atoms with Crippen molar-refractivity contribution in [2.75, 3.05) is 0 Å². The standard InChI is InChI=1S/C33H20N2O/c1-2-9-21(10-3-1)28-20-35-30-19-22(17-18-29(30)34-33(35)27-13-5-4-11-24(27)28)23-14-8-15-26-25-12-6-7-16-31(25)36-32(23)26/h1-20H. The maximum absolute atomic E-state index is 6.33. The number of para-hydroxylation sites is 2. The van der Waals surface area contributed by atoms with Crippen LogP contribution in [0.4, 0.5) is 0 Å². The highest BCUT2D eigenvalue weighted by molar-refractivity contribution is 6.10. The van der Waals surface area contributed by atoms with Crippen molar-refractivity contribution in [2.45, 2.75) is 0 Å². The molecule has 0 N–H and O–H groups in total. The number of pyridine rings is 1. The van der Waals surface area contributed by atoms with Crippen molar-refractivity contribution in [2.24, 2.45) is 0 Å². The van der Waals surface area contributed by atoms with E-state index in [1.807, 2.05) is 12.1 Å². The summed E-state index contributed by atoms with van der Waals surface area (Å²) in [6, 6.07) is 40.2. The van der Waals surface area contributed by atoms with E-state index in [1.165, 1.54) is 16.5 Å². The first-order valence-corrected chi connectivity index (χ1v) is 12.1.